The normalized spacial score (nSPS) is 12.2. The standard InChI is InChI=1S/C18H19ClN4OS2/c1-4-15(16-10-20-18(25-3)26-16)22-17(24)14-9-21-23(11(14)2)13-7-5-12(19)6-8-13/h5-10,15H,4H2,1-3H3,(H,22,24). The van der Waals surface area contributed by atoms with Gasteiger partial charge in [0.05, 0.1) is 29.2 Å². The first kappa shape index (κ1) is 18.9. The van der Waals surface area contributed by atoms with E-state index in [1.807, 2.05) is 38.4 Å². The minimum Gasteiger partial charge on any atom is -0.344 e. The van der Waals surface area contributed by atoms with E-state index >= 15 is 0 Å². The molecule has 8 heteroatoms. The molecule has 3 aromatic rings. The Morgan fingerprint density at radius 3 is 2.69 bits per heavy atom. The number of thiazole rings is 1. The molecular formula is C18H19ClN4OS2. The fraction of sp³-hybridized carbons (Fsp3) is 0.278. The molecule has 1 aromatic carbocycles. The summed E-state index contributed by atoms with van der Waals surface area (Å²) in [5, 5.41) is 8.12. The van der Waals surface area contributed by atoms with E-state index in [-0.39, 0.29) is 11.9 Å². The van der Waals surface area contributed by atoms with Crippen molar-refractivity contribution in [2.45, 2.75) is 30.6 Å². The van der Waals surface area contributed by atoms with Gasteiger partial charge in [-0.05, 0) is 43.9 Å². The second kappa shape index (κ2) is 8.24. The number of aromatic nitrogens is 3. The fourth-order valence-electron chi connectivity index (χ4n) is 2.61. The second-order valence-corrected chi connectivity index (χ2v) is 8.25. The quantitative estimate of drug-likeness (QED) is 0.592. The largest absolute Gasteiger partial charge is 0.344 e. The van der Waals surface area contributed by atoms with Gasteiger partial charge in [-0.1, -0.05) is 30.3 Å². The topological polar surface area (TPSA) is 59.8 Å². The van der Waals surface area contributed by atoms with Crippen molar-refractivity contribution in [3.05, 3.63) is 57.8 Å². The van der Waals surface area contributed by atoms with Crippen molar-refractivity contribution in [1.29, 1.82) is 0 Å². The van der Waals surface area contributed by atoms with E-state index in [0.29, 0.717) is 10.6 Å². The Morgan fingerprint density at radius 2 is 2.08 bits per heavy atom. The van der Waals surface area contributed by atoms with Crippen LogP contribution in [0.2, 0.25) is 5.02 Å². The summed E-state index contributed by atoms with van der Waals surface area (Å²) in [7, 11) is 0. The van der Waals surface area contributed by atoms with Gasteiger partial charge in [-0.3, -0.25) is 4.79 Å². The summed E-state index contributed by atoms with van der Waals surface area (Å²) < 4.78 is 2.74. The van der Waals surface area contributed by atoms with Gasteiger partial charge in [-0.15, -0.1) is 11.3 Å². The molecule has 136 valence electrons. The molecule has 0 fully saturated rings. The molecule has 26 heavy (non-hydrogen) atoms. The Labute approximate surface area is 165 Å². The molecule has 0 aliphatic rings. The first-order valence-corrected chi connectivity index (χ1v) is 10.6. The van der Waals surface area contributed by atoms with E-state index in [4.69, 9.17) is 11.6 Å². The van der Waals surface area contributed by atoms with Crippen LogP contribution in [0, 0.1) is 6.92 Å². The lowest BCUT2D eigenvalue weighted by molar-refractivity contribution is 0.0935. The number of hydrogen-bond donors (Lipinski definition) is 1. The highest BCUT2D eigenvalue weighted by Crippen LogP contribution is 2.28. The Morgan fingerprint density at radius 1 is 1.35 bits per heavy atom. The molecule has 0 saturated heterocycles. The maximum atomic E-state index is 12.8. The number of halogens is 1. The number of nitrogens with zero attached hydrogens (tertiary/aromatic N) is 3. The molecule has 0 bridgehead atoms. The monoisotopic (exact) mass is 406 g/mol. The molecule has 0 spiro atoms. The minimum atomic E-state index is -0.131. The summed E-state index contributed by atoms with van der Waals surface area (Å²) in [6, 6.07) is 7.30. The number of rotatable bonds is 6. The predicted octanol–water partition coefficient (Wildman–Crippen LogP) is 4.89. The van der Waals surface area contributed by atoms with Gasteiger partial charge in [0.15, 0.2) is 0 Å². The zero-order chi connectivity index (χ0) is 18.7. The Hall–Kier alpha value is -1.83. The second-order valence-electron chi connectivity index (χ2n) is 5.70. The third-order valence-corrected chi connectivity index (χ3v) is 6.42. The molecule has 2 heterocycles. The van der Waals surface area contributed by atoms with Crippen molar-refractivity contribution in [2.75, 3.05) is 6.26 Å². The molecule has 5 nitrogen and oxygen atoms in total. The molecule has 0 aliphatic carbocycles. The number of nitrogens with one attached hydrogen (secondary N) is 1. The van der Waals surface area contributed by atoms with Crippen LogP contribution >= 0.6 is 34.7 Å². The molecule has 0 saturated carbocycles. The lowest BCUT2D eigenvalue weighted by atomic mass is 10.1. The number of carbonyl (C=O) groups is 1. The number of benzene rings is 1. The van der Waals surface area contributed by atoms with E-state index in [2.05, 4.69) is 15.4 Å². The number of carbonyl (C=O) groups excluding carboxylic acids is 1. The molecule has 3 rings (SSSR count). The first-order valence-electron chi connectivity index (χ1n) is 8.14. The molecule has 0 radical (unpaired) electrons. The van der Waals surface area contributed by atoms with Gasteiger partial charge in [-0.2, -0.15) is 5.10 Å². The highest BCUT2D eigenvalue weighted by Gasteiger charge is 2.20. The van der Waals surface area contributed by atoms with Gasteiger partial charge in [0.2, 0.25) is 0 Å². The van der Waals surface area contributed by atoms with Crippen LogP contribution in [-0.2, 0) is 0 Å². The van der Waals surface area contributed by atoms with E-state index in [1.54, 1.807) is 46.1 Å². The molecule has 2 aromatic heterocycles. The van der Waals surface area contributed by atoms with E-state index in [0.717, 1.165) is 27.0 Å². The van der Waals surface area contributed by atoms with Crippen LogP contribution < -0.4 is 5.32 Å². The van der Waals surface area contributed by atoms with Crippen molar-refractivity contribution in [2.24, 2.45) is 0 Å². The highest BCUT2D eigenvalue weighted by atomic mass is 35.5. The lowest BCUT2D eigenvalue weighted by Crippen LogP contribution is -2.28. The van der Waals surface area contributed by atoms with Gasteiger partial charge < -0.3 is 5.32 Å². The van der Waals surface area contributed by atoms with Crippen LogP contribution in [0.1, 0.15) is 40.3 Å². The number of thioether (sulfide) groups is 1. The van der Waals surface area contributed by atoms with Gasteiger partial charge in [0.25, 0.3) is 5.91 Å². The molecule has 1 amide bonds. The van der Waals surface area contributed by atoms with Gasteiger partial charge in [0.1, 0.15) is 4.34 Å². The van der Waals surface area contributed by atoms with Crippen molar-refractivity contribution >= 4 is 40.6 Å². The summed E-state index contributed by atoms with van der Waals surface area (Å²) in [6.07, 6.45) is 6.24. The minimum absolute atomic E-state index is 0.0563. The van der Waals surface area contributed by atoms with E-state index < -0.39 is 0 Å². The van der Waals surface area contributed by atoms with Crippen molar-refractivity contribution in [3.8, 4) is 5.69 Å². The summed E-state index contributed by atoms with van der Waals surface area (Å²) >= 11 is 9.16. The maximum Gasteiger partial charge on any atom is 0.255 e. The van der Waals surface area contributed by atoms with Gasteiger partial charge in [0, 0.05) is 16.1 Å². The predicted molar refractivity (Wildman–Crippen MR) is 108 cm³/mol. The number of amides is 1. The summed E-state index contributed by atoms with van der Waals surface area (Å²) in [6.45, 7) is 3.93. The van der Waals surface area contributed by atoms with Gasteiger partial charge in [-0.25, -0.2) is 9.67 Å². The number of hydrogen-bond acceptors (Lipinski definition) is 5. The molecular weight excluding hydrogens is 388 g/mol. The molecule has 1 N–H and O–H groups in total. The third kappa shape index (κ3) is 3.95. The Bertz CT molecular complexity index is 904. The molecule has 1 atom stereocenters. The average molecular weight is 407 g/mol. The summed E-state index contributed by atoms with van der Waals surface area (Å²) in [4.78, 5) is 18.2. The molecule has 1 unspecified atom stereocenters. The van der Waals surface area contributed by atoms with Gasteiger partial charge >= 0.3 is 0 Å². The maximum absolute atomic E-state index is 12.8. The van der Waals surface area contributed by atoms with Crippen LogP contribution in [0.25, 0.3) is 5.69 Å². The third-order valence-electron chi connectivity index (χ3n) is 4.06. The first-order chi connectivity index (χ1) is 12.5. The van der Waals surface area contributed by atoms with Crippen LogP contribution in [0.3, 0.4) is 0 Å². The van der Waals surface area contributed by atoms with E-state index in [1.165, 1.54) is 0 Å². The van der Waals surface area contributed by atoms with Crippen molar-refractivity contribution < 1.29 is 4.79 Å². The summed E-state index contributed by atoms with van der Waals surface area (Å²) in [5.41, 5.74) is 2.21. The van der Waals surface area contributed by atoms with Crippen LogP contribution in [0.5, 0.6) is 0 Å². The highest BCUT2D eigenvalue weighted by molar-refractivity contribution is 8.00. The van der Waals surface area contributed by atoms with Crippen molar-refractivity contribution in [1.82, 2.24) is 20.1 Å². The van der Waals surface area contributed by atoms with Crippen LogP contribution in [0.4, 0.5) is 0 Å². The Kier molecular flexibility index (Phi) is 6.01. The molecule has 0 aliphatic heterocycles. The summed E-state index contributed by atoms with van der Waals surface area (Å²) in [5.74, 6) is -0.131. The zero-order valence-corrected chi connectivity index (χ0v) is 17.1. The van der Waals surface area contributed by atoms with Crippen molar-refractivity contribution in [3.63, 3.8) is 0 Å². The average Bonchev–Trinajstić information content (AvgIpc) is 3.27. The smallest absolute Gasteiger partial charge is 0.255 e. The Balaban J connectivity index is 1.80. The van der Waals surface area contributed by atoms with Crippen LogP contribution in [-0.4, -0.2) is 26.9 Å². The van der Waals surface area contributed by atoms with E-state index in [9.17, 15) is 4.79 Å². The van der Waals surface area contributed by atoms with Crippen LogP contribution in [0.15, 0.2) is 41.0 Å². The lowest BCUT2D eigenvalue weighted by Gasteiger charge is -2.15. The fourth-order valence-corrected chi connectivity index (χ4v) is 4.30. The zero-order valence-electron chi connectivity index (χ0n) is 14.7. The SMILES string of the molecule is CCC(NC(=O)c1cnn(-c2ccc(Cl)cc2)c1C)c1cnc(SC)s1.